The van der Waals surface area contributed by atoms with Gasteiger partial charge in [0.2, 0.25) is 0 Å². The molecule has 41 heavy (non-hydrogen) atoms. The average molecular weight is 586 g/mol. The third kappa shape index (κ3) is 11.4. The maximum absolute atomic E-state index is 12.2. The first-order valence-electron chi connectivity index (χ1n) is 16.1. The van der Waals surface area contributed by atoms with Gasteiger partial charge in [0.25, 0.3) is 0 Å². The molecule has 3 fully saturated rings. The van der Waals surface area contributed by atoms with Crippen LogP contribution in [0.5, 0.6) is 0 Å². The molecule has 0 radical (unpaired) electrons. The standard InChI is InChI=1S/C31H56N2O8/c1-20(36)40-26(17-29(41-21(2)37)25-7-5-3-4-6-22(14-25)19-35)9-8-23-15-30(39-13-12-34)28(38)18-27(23)24-10-11-33-31(32)16-24/h22-31,33-35,38H,3-19,32H2,1-2H3/p+1. The topological polar surface area (TPSA) is 165 Å². The molecule has 0 spiro atoms. The molecule has 1 heterocycles. The SMILES string of the molecule is CC(=O)OC(CCC1CC(OCCO)C(O)CC1C1CC[NH2+]C(N)C1)CC(OC(C)=O)C1CCCCCC(CO)C1. The lowest BCUT2D eigenvalue weighted by molar-refractivity contribution is -0.699. The lowest BCUT2D eigenvalue weighted by Crippen LogP contribution is -2.94. The van der Waals surface area contributed by atoms with E-state index >= 15 is 0 Å². The van der Waals surface area contributed by atoms with Crippen LogP contribution in [0.3, 0.4) is 0 Å². The minimum Gasteiger partial charge on any atom is -0.462 e. The molecule has 2 saturated carbocycles. The second-order valence-corrected chi connectivity index (χ2v) is 12.9. The number of carbonyl (C=O) groups excluding carboxylic acids is 2. The molecule has 10 nitrogen and oxygen atoms in total. The highest BCUT2D eigenvalue weighted by molar-refractivity contribution is 5.66. The minimum atomic E-state index is -0.582. The van der Waals surface area contributed by atoms with Crippen molar-refractivity contribution in [1.29, 1.82) is 0 Å². The van der Waals surface area contributed by atoms with E-state index in [-0.39, 0.29) is 73.8 Å². The summed E-state index contributed by atoms with van der Waals surface area (Å²) in [5.74, 6) is 0.573. The molecule has 238 valence electrons. The van der Waals surface area contributed by atoms with Crippen molar-refractivity contribution < 1.29 is 44.4 Å². The van der Waals surface area contributed by atoms with E-state index in [4.69, 9.17) is 19.9 Å². The zero-order valence-electron chi connectivity index (χ0n) is 25.3. The molecule has 7 N–H and O–H groups in total. The zero-order valence-corrected chi connectivity index (χ0v) is 25.3. The Labute approximate surface area is 246 Å². The van der Waals surface area contributed by atoms with E-state index < -0.39 is 12.2 Å². The van der Waals surface area contributed by atoms with Gasteiger partial charge in [0.1, 0.15) is 18.4 Å². The molecule has 0 aromatic carbocycles. The summed E-state index contributed by atoms with van der Waals surface area (Å²) in [5.41, 5.74) is 6.30. The van der Waals surface area contributed by atoms with Crippen LogP contribution in [-0.4, -0.2) is 84.2 Å². The summed E-state index contributed by atoms with van der Waals surface area (Å²) in [7, 11) is 0. The quantitative estimate of drug-likeness (QED) is 0.202. The molecule has 0 aromatic rings. The molecule has 0 bridgehead atoms. The first-order valence-corrected chi connectivity index (χ1v) is 16.1. The Morgan fingerprint density at radius 3 is 2.41 bits per heavy atom. The summed E-state index contributed by atoms with van der Waals surface area (Å²) in [6.07, 6.45) is 9.48. The fourth-order valence-electron chi connectivity index (χ4n) is 7.88. The van der Waals surface area contributed by atoms with Gasteiger partial charge in [0.15, 0.2) is 0 Å². The van der Waals surface area contributed by atoms with Crippen LogP contribution >= 0.6 is 0 Å². The van der Waals surface area contributed by atoms with Crippen LogP contribution in [-0.2, 0) is 23.8 Å². The number of quaternary nitrogens is 1. The minimum absolute atomic E-state index is 0.0692. The number of carbonyl (C=O) groups is 2. The Balaban J connectivity index is 1.74. The normalized spacial score (nSPS) is 34.6. The van der Waals surface area contributed by atoms with Crippen molar-refractivity contribution in [2.45, 2.75) is 128 Å². The predicted octanol–water partition coefficient (Wildman–Crippen LogP) is 1.62. The molecule has 10 unspecified atom stereocenters. The predicted molar refractivity (Wildman–Crippen MR) is 153 cm³/mol. The fraction of sp³-hybridized carbons (Fsp3) is 0.935. The molecular weight excluding hydrogens is 528 g/mol. The lowest BCUT2D eigenvalue weighted by Gasteiger charge is -2.44. The number of hydrogen-bond donors (Lipinski definition) is 5. The van der Waals surface area contributed by atoms with Crippen LogP contribution in [0.4, 0.5) is 0 Å². The van der Waals surface area contributed by atoms with Gasteiger partial charge < -0.3 is 34.8 Å². The molecule has 0 amide bonds. The zero-order chi connectivity index (χ0) is 29.8. The monoisotopic (exact) mass is 585 g/mol. The van der Waals surface area contributed by atoms with Crippen LogP contribution in [0, 0.1) is 29.6 Å². The van der Waals surface area contributed by atoms with Crippen LogP contribution in [0.2, 0.25) is 0 Å². The average Bonchev–Trinajstić information content (AvgIpc) is 2.90. The number of ether oxygens (including phenoxy) is 3. The summed E-state index contributed by atoms with van der Waals surface area (Å²) in [6.45, 7) is 4.06. The van der Waals surface area contributed by atoms with Crippen molar-refractivity contribution in [3.8, 4) is 0 Å². The molecule has 1 aliphatic heterocycles. The third-order valence-corrected chi connectivity index (χ3v) is 9.81. The Hall–Kier alpha value is -1.30. The number of aliphatic hydroxyl groups is 3. The van der Waals surface area contributed by atoms with E-state index in [1.807, 2.05) is 0 Å². The lowest BCUT2D eigenvalue weighted by atomic mass is 9.66. The Kier molecular flexibility index (Phi) is 14.8. The van der Waals surface area contributed by atoms with Crippen LogP contribution in [0.1, 0.15) is 97.3 Å². The first kappa shape index (κ1) is 34.2. The number of hydrogen-bond acceptors (Lipinski definition) is 9. The second-order valence-electron chi connectivity index (χ2n) is 12.9. The highest BCUT2D eigenvalue weighted by Gasteiger charge is 2.42. The van der Waals surface area contributed by atoms with Gasteiger partial charge in [-0.05, 0) is 81.0 Å². The van der Waals surface area contributed by atoms with Crippen molar-refractivity contribution in [2.75, 3.05) is 26.4 Å². The molecule has 1 saturated heterocycles. The largest absolute Gasteiger partial charge is 0.462 e. The molecule has 0 aromatic heterocycles. The highest BCUT2D eigenvalue weighted by Crippen LogP contribution is 2.43. The van der Waals surface area contributed by atoms with Gasteiger partial charge in [-0.25, -0.2) is 0 Å². The van der Waals surface area contributed by atoms with Gasteiger partial charge in [0, 0.05) is 33.3 Å². The van der Waals surface area contributed by atoms with E-state index in [9.17, 15) is 24.9 Å². The summed E-state index contributed by atoms with van der Waals surface area (Å²) in [4.78, 5) is 24.3. The van der Waals surface area contributed by atoms with Gasteiger partial charge in [-0.1, -0.05) is 19.3 Å². The van der Waals surface area contributed by atoms with Crippen molar-refractivity contribution >= 4 is 11.9 Å². The Bertz CT molecular complexity index is 785. The molecule has 3 aliphatic rings. The van der Waals surface area contributed by atoms with Gasteiger partial charge >= 0.3 is 11.9 Å². The third-order valence-electron chi connectivity index (χ3n) is 9.81. The number of piperidine rings is 1. The molecule has 10 atom stereocenters. The van der Waals surface area contributed by atoms with Crippen molar-refractivity contribution in [1.82, 2.24) is 0 Å². The molecule has 10 heteroatoms. The summed E-state index contributed by atoms with van der Waals surface area (Å²) in [5, 5.41) is 32.3. The fourth-order valence-corrected chi connectivity index (χ4v) is 7.88. The van der Waals surface area contributed by atoms with Crippen LogP contribution < -0.4 is 11.1 Å². The number of rotatable bonds is 13. The van der Waals surface area contributed by atoms with Gasteiger partial charge in [-0.2, -0.15) is 0 Å². The summed E-state index contributed by atoms with van der Waals surface area (Å²) >= 11 is 0. The van der Waals surface area contributed by atoms with Crippen molar-refractivity contribution in [3.63, 3.8) is 0 Å². The first-order chi connectivity index (χ1) is 19.7. The van der Waals surface area contributed by atoms with E-state index in [1.54, 1.807) is 0 Å². The van der Waals surface area contributed by atoms with Crippen LogP contribution in [0.15, 0.2) is 0 Å². The van der Waals surface area contributed by atoms with E-state index in [1.165, 1.54) is 13.8 Å². The van der Waals surface area contributed by atoms with Gasteiger partial charge in [0.05, 0.1) is 32.0 Å². The molecule has 2 aliphatic carbocycles. The van der Waals surface area contributed by atoms with Gasteiger partial charge in [-0.15, -0.1) is 0 Å². The number of aliphatic hydroxyl groups excluding tert-OH is 3. The Morgan fingerprint density at radius 2 is 1.73 bits per heavy atom. The second kappa shape index (κ2) is 17.7. The van der Waals surface area contributed by atoms with Gasteiger partial charge in [-0.3, -0.25) is 15.3 Å². The molecule has 3 rings (SSSR count). The van der Waals surface area contributed by atoms with Crippen molar-refractivity contribution in [2.24, 2.45) is 35.3 Å². The van der Waals surface area contributed by atoms with E-state index in [2.05, 4.69) is 5.32 Å². The van der Waals surface area contributed by atoms with Crippen molar-refractivity contribution in [3.05, 3.63) is 0 Å². The highest BCUT2D eigenvalue weighted by atomic mass is 16.6. The number of esters is 2. The Morgan fingerprint density at radius 1 is 0.976 bits per heavy atom. The van der Waals surface area contributed by atoms with Crippen LogP contribution in [0.25, 0.3) is 0 Å². The maximum Gasteiger partial charge on any atom is 0.302 e. The van der Waals surface area contributed by atoms with E-state index in [0.717, 1.165) is 64.3 Å². The summed E-state index contributed by atoms with van der Waals surface area (Å²) < 4.78 is 17.6. The van der Waals surface area contributed by atoms with E-state index in [0.29, 0.717) is 31.6 Å². The molecular formula is C31H57N2O8+. The number of nitrogens with two attached hydrogens (primary N) is 2. The maximum atomic E-state index is 12.2. The smallest absolute Gasteiger partial charge is 0.302 e. The summed E-state index contributed by atoms with van der Waals surface area (Å²) in [6, 6.07) is 0.